The molecule has 2 aromatic heterocycles. The highest BCUT2D eigenvalue weighted by molar-refractivity contribution is 7.98. The van der Waals surface area contributed by atoms with E-state index in [2.05, 4.69) is 20.6 Å². The fraction of sp³-hybridized carbons (Fsp3) is 0.222. The number of nitrogens with one attached hydrogen (secondary N) is 1. The van der Waals surface area contributed by atoms with Gasteiger partial charge in [-0.05, 0) is 18.4 Å². The van der Waals surface area contributed by atoms with Crippen LogP contribution in [-0.2, 0) is 6.54 Å². The molecule has 2 rings (SSSR count). The molecule has 0 amide bonds. The Morgan fingerprint density at radius 3 is 3.23 bits per heavy atom. The van der Waals surface area contributed by atoms with Crippen molar-refractivity contribution in [2.75, 3.05) is 6.26 Å². The summed E-state index contributed by atoms with van der Waals surface area (Å²) < 4.78 is 2.12. The Labute approximate surface area is 81.2 Å². The van der Waals surface area contributed by atoms with Crippen molar-refractivity contribution in [1.29, 1.82) is 0 Å². The quantitative estimate of drug-likeness (QED) is 0.756. The van der Waals surface area contributed by atoms with Gasteiger partial charge in [-0.3, -0.25) is 0 Å². The van der Waals surface area contributed by atoms with E-state index < -0.39 is 0 Å². The molecule has 13 heavy (non-hydrogen) atoms. The highest BCUT2D eigenvalue weighted by atomic mass is 32.2. The van der Waals surface area contributed by atoms with Crippen LogP contribution >= 0.6 is 11.8 Å². The zero-order chi connectivity index (χ0) is 9.10. The van der Waals surface area contributed by atoms with Crippen LogP contribution in [0, 0.1) is 0 Å². The molecule has 1 N–H and O–H groups in total. The van der Waals surface area contributed by atoms with Gasteiger partial charge in [0, 0.05) is 24.3 Å². The maximum absolute atomic E-state index is 4.23. The van der Waals surface area contributed by atoms with Crippen LogP contribution in [0.25, 0.3) is 0 Å². The van der Waals surface area contributed by atoms with Crippen LogP contribution in [0.4, 0.5) is 0 Å². The number of nitrogens with zero attached hydrogens (tertiary/aromatic N) is 2. The molecule has 0 fully saturated rings. The monoisotopic (exact) mass is 193 g/mol. The molecule has 0 aromatic carbocycles. The number of hydrogen-bond donors (Lipinski definition) is 1. The number of rotatable bonds is 3. The first-order valence-electron chi connectivity index (χ1n) is 4.07. The Balaban J connectivity index is 2.18. The second kappa shape index (κ2) is 3.70. The highest BCUT2D eigenvalue weighted by Crippen LogP contribution is 2.12. The standard InChI is InChI=1S/C9H11N3S/c1-13-9-11-5-6-12(9)7-8-3-2-4-10-8/h2-6,10H,7H2,1H3. The molecule has 4 heteroatoms. The van der Waals surface area contributed by atoms with Crippen LogP contribution in [0.3, 0.4) is 0 Å². The highest BCUT2D eigenvalue weighted by Gasteiger charge is 2.01. The largest absolute Gasteiger partial charge is 0.364 e. The number of aromatic amines is 1. The summed E-state index contributed by atoms with van der Waals surface area (Å²) in [6.45, 7) is 0.864. The van der Waals surface area contributed by atoms with Gasteiger partial charge in [-0.1, -0.05) is 11.8 Å². The van der Waals surface area contributed by atoms with Crippen molar-refractivity contribution in [2.45, 2.75) is 11.7 Å². The summed E-state index contributed by atoms with van der Waals surface area (Å²) in [5.74, 6) is 0. The summed E-state index contributed by atoms with van der Waals surface area (Å²) in [4.78, 5) is 7.40. The van der Waals surface area contributed by atoms with Crippen LogP contribution in [0.5, 0.6) is 0 Å². The molecule has 2 aromatic rings. The molecule has 0 bridgehead atoms. The number of aromatic nitrogens is 3. The first-order chi connectivity index (χ1) is 6.40. The zero-order valence-corrected chi connectivity index (χ0v) is 8.21. The van der Waals surface area contributed by atoms with Crippen molar-refractivity contribution in [1.82, 2.24) is 14.5 Å². The van der Waals surface area contributed by atoms with Crippen molar-refractivity contribution < 1.29 is 0 Å². The lowest BCUT2D eigenvalue weighted by Crippen LogP contribution is -1.99. The molecule has 2 heterocycles. The second-order valence-electron chi connectivity index (χ2n) is 2.74. The molecule has 0 aliphatic heterocycles. The number of imidazole rings is 1. The van der Waals surface area contributed by atoms with Crippen LogP contribution in [0.2, 0.25) is 0 Å². The summed E-state index contributed by atoms with van der Waals surface area (Å²) >= 11 is 1.66. The van der Waals surface area contributed by atoms with Crippen LogP contribution in [0.1, 0.15) is 5.69 Å². The molecule has 0 radical (unpaired) electrons. The van der Waals surface area contributed by atoms with Gasteiger partial charge in [-0.25, -0.2) is 4.98 Å². The minimum atomic E-state index is 0.864. The van der Waals surface area contributed by atoms with E-state index in [0.717, 1.165) is 11.7 Å². The zero-order valence-electron chi connectivity index (χ0n) is 7.40. The average Bonchev–Trinajstić information content (AvgIpc) is 2.76. The van der Waals surface area contributed by atoms with Crippen molar-refractivity contribution in [2.24, 2.45) is 0 Å². The fourth-order valence-electron chi connectivity index (χ4n) is 1.26. The van der Waals surface area contributed by atoms with E-state index in [9.17, 15) is 0 Å². The van der Waals surface area contributed by atoms with E-state index in [1.165, 1.54) is 5.69 Å². The lowest BCUT2D eigenvalue weighted by atomic mass is 10.4. The molecular formula is C9H11N3S. The average molecular weight is 193 g/mol. The molecule has 0 aliphatic carbocycles. The van der Waals surface area contributed by atoms with Crippen molar-refractivity contribution in [3.8, 4) is 0 Å². The summed E-state index contributed by atoms with van der Waals surface area (Å²) in [6.07, 6.45) is 7.79. The van der Waals surface area contributed by atoms with Crippen LogP contribution in [0.15, 0.2) is 35.9 Å². The Morgan fingerprint density at radius 2 is 2.54 bits per heavy atom. The van der Waals surface area contributed by atoms with E-state index in [4.69, 9.17) is 0 Å². The van der Waals surface area contributed by atoms with Crippen molar-refractivity contribution in [3.63, 3.8) is 0 Å². The Hall–Kier alpha value is -1.16. The summed E-state index contributed by atoms with van der Waals surface area (Å²) in [5.41, 5.74) is 1.20. The SMILES string of the molecule is CSc1nccn1Cc1ccc[nH]1. The third-order valence-corrected chi connectivity index (χ3v) is 2.57. The molecule has 0 atom stereocenters. The van der Waals surface area contributed by atoms with Crippen LogP contribution < -0.4 is 0 Å². The van der Waals surface area contributed by atoms with Gasteiger partial charge < -0.3 is 9.55 Å². The van der Waals surface area contributed by atoms with Gasteiger partial charge in [0.25, 0.3) is 0 Å². The third kappa shape index (κ3) is 1.78. The van der Waals surface area contributed by atoms with Gasteiger partial charge in [0.1, 0.15) is 0 Å². The second-order valence-corrected chi connectivity index (χ2v) is 3.51. The topological polar surface area (TPSA) is 33.6 Å². The molecule has 0 unspecified atom stereocenters. The number of hydrogen-bond acceptors (Lipinski definition) is 2. The third-order valence-electron chi connectivity index (χ3n) is 1.86. The van der Waals surface area contributed by atoms with Gasteiger partial charge in [0.15, 0.2) is 5.16 Å². The molecule has 0 saturated heterocycles. The molecule has 0 aliphatic rings. The predicted octanol–water partition coefficient (Wildman–Crippen LogP) is 1.98. The van der Waals surface area contributed by atoms with Crippen LogP contribution in [-0.4, -0.2) is 20.8 Å². The minimum Gasteiger partial charge on any atom is -0.364 e. The maximum atomic E-state index is 4.23. The fourth-order valence-corrected chi connectivity index (χ4v) is 1.78. The minimum absolute atomic E-state index is 0.864. The molecular weight excluding hydrogens is 182 g/mol. The molecule has 0 saturated carbocycles. The Morgan fingerprint density at radius 1 is 1.62 bits per heavy atom. The van der Waals surface area contributed by atoms with Gasteiger partial charge in [0.2, 0.25) is 0 Å². The van der Waals surface area contributed by atoms with E-state index in [1.807, 2.05) is 30.9 Å². The normalized spacial score (nSPS) is 10.5. The first kappa shape index (κ1) is 8.44. The van der Waals surface area contributed by atoms with Crippen molar-refractivity contribution in [3.05, 3.63) is 36.4 Å². The Bertz CT molecular complexity index is 364. The summed E-state index contributed by atoms with van der Waals surface area (Å²) in [5, 5.41) is 1.05. The van der Waals surface area contributed by atoms with E-state index >= 15 is 0 Å². The van der Waals surface area contributed by atoms with E-state index in [1.54, 1.807) is 11.8 Å². The van der Waals surface area contributed by atoms with Gasteiger partial charge in [-0.2, -0.15) is 0 Å². The molecule has 0 spiro atoms. The lowest BCUT2D eigenvalue weighted by molar-refractivity contribution is 0.697. The number of H-pyrrole nitrogens is 1. The molecule has 3 nitrogen and oxygen atoms in total. The first-order valence-corrected chi connectivity index (χ1v) is 5.30. The van der Waals surface area contributed by atoms with Gasteiger partial charge in [-0.15, -0.1) is 0 Å². The lowest BCUT2D eigenvalue weighted by Gasteiger charge is -2.03. The Kier molecular flexibility index (Phi) is 2.40. The van der Waals surface area contributed by atoms with Gasteiger partial charge in [0.05, 0.1) is 6.54 Å². The van der Waals surface area contributed by atoms with Gasteiger partial charge >= 0.3 is 0 Å². The summed E-state index contributed by atoms with van der Waals surface area (Å²) in [6, 6.07) is 4.08. The predicted molar refractivity (Wildman–Crippen MR) is 53.9 cm³/mol. The van der Waals surface area contributed by atoms with E-state index in [0.29, 0.717) is 0 Å². The molecule has 68 valence electrons. The van der Waals surface area contributed by atoms with E-state index in [-0.39, 0.29) is 0 Å². The number of thioether (sulfide) groups is 1. The maximum Gasteiger partial charge on any atom is 0.168 e. The van der Waals surface area contributed by atoms with Crippen molar-refractivity contribution >= 4 is 11.8 Å². The summed E-state index contributed by atoms with van der Waals surface area (Å²) in [7, 11) is 0. The smallest absolute Gasteiger partial charge is 0.168 e.